The molecule has 5 heteroatoms. The molecule has 2 rings (SSSR count). The molecule has 102 valence electrons. The van der Waals surface area contributed by atoms with Crippen molar-refractivity contribution in [3.05, 3.63) is 74.2 Å². The van der Waals surface area contributed by atoms with Crippen molar-refractivity contribution in [3.8, 4) is 0 Å². The highest BCUT2D eigenvalue weighted by Crippen LogP contribution is 2.15. The number of nitro groups is 1. The fourth-order valence-corrected chi connectivity index (χ4v) is 2.09. The molecule has 20 heavy (non-hydrogen) atoms. The molecule has 0 heterocycles. The smallest absolute Gasteiger partial charge is 0.269 e. The van der Waals surface area contributed by atoms with Crippen molar-refractivity contribution in [2.75, 3.05) is 0 Å². The molecule has 0 atom stereocenters. The molecule has 2 aromatic rings. The number of nitrogens with zero attached hydrogens (tertiary/aromatic N) is 1. The largest absolute Gasteiger partial charge is 0.294 e. The summed E-state index contributed by atoms with van der Waals surface area (Å²) >= 11 is 3.32. The summed E-state index contributed by atoms with van der Waals surface area (Å²) in [4.78, 5) is 22.1. The maximum atomic E-state index is 12.0. The molecule has 0 spiro atoms. The normalized spacial score (nSPS) is 10.2. The number of carbonyl (C=O) groups excluding carboxylic acids is 1. The van der Waals surface area contributed by atoms with E-state index >= 15 is 0 Å². The van der Waals surface area contributed by atoms with E-state index in [0.29, 0.717) is 18.4 Å². The van der Waals surface area contributed by atoms with Crippen molar-refractivity contribution in [2.45, 2.75) is 12.8 Å². The first-order valence-corrected chi connectivity index (χ1v) is 6.87. The summed E-state index contributed by atoms with van der Waals surface area (Å²) in [6, 6.07) is 13.5. The summed E-state index contributed by atoms with van der Waals surface area (Å²) in [7, 11) is 0. The number of hydrogen-bond donors (Lipinski definition) is 0. The molecule has 0 N–H and O–H groups in total. The lowest BCUT2D eigenvalue weighted by Gasteiger charge is -2.02. The molecule has 0 aromatic heterocycles. The molecule has 2 aromatic carbocycles. The second kappa shape index (κ2) is 6.43. The third-order valence-electron chi connectivity index (χ3n) is 2.95. The van der Waals surface area contributed by atoms with E-state index in [9.17, 15) is 14.9 Å². The molecule has 0 saturated heterocycles. The molecule has 4 nitrogen and oxygen atoms in total. The van der Waals surface area contributed by atoms with Crippen LogP contribution in [0.15, 0.2) is 53.0 Å². The number of nitro benzene ring substituents is 1. The zero-order valence-corrected chi connectivity index (χ0v) is 12.2. The van der Waals surface area contributed by atoms with Crippen LogP contribution in [0.25, 0.3) is 0 Å². The van der Waals surface area contributed by atoms with Gasteiger partial charge in [-0.05, 0) is 24.1 Å². The first-order chi connectivity index (χ1) is 9.56. The highest BCUT2D eigenvalue weighted by atomic mass is 79.9. The van der Waals surface area contributed by atoms with Crippen LogP contribution >= 0.6 is 15.9 Å². The third kappa shape index (κ3) is 3.74. The SMILES string of the molecule is O=C(CCc1ccc([N+](=O)[O-])cc1)c1ccc(Br)cc1. The highest BCUT2D eigenvalue weighted by molar-refractivity contribution is 9.10. The van der Waals surface area contributed by atoms with Gasteiger partial charge in [0.25, 0.3) is 5.69 Å². The molecule has 0 aliphatic rings. The Balaban J connectivity index is 1.96. The number of benzene rings is 2. The van der Waals surface area contributed by atoms with E-state index in [2.05, 4.69) is 15.9 Å². The van der Waals surface area contributed by atoms with Crippen molar-refractivity contribution in [3.63, 3.8) is 0 Å². The first kappa shape index (κ1) is 14.4. The number of rotatable bonds is 5. The predicted molar refractivity (Wildman–Crippen MR) is 79.9 cm³/mol. The van der Waals surface area contributed by atoms with Gasteiger partial charge in [0.05, 0.1) is 4.92 Å². The van der Waals surface area contributed by atoms with Crippen molar-refractivity contribution in [2.24, 2.45) is 0 Å². The van der Waals surface area contributed by atoms with E-state index in [1.165, 1.54) is 12.1 Å². The van der Waals surface area contributed by atoms with Gasteiger partial charge in [-0.15, -0.1) is 0 Å². The minimum absolute atomic E-state index is 0.0630. The van der Waals surface area contributed by atoms with Gasteiger partial charge >= 0.3 is 0 Å². The Morgan fingerprint density at radius 3 is 2.20 bits per heavy atom. The maximum Gasteiger partial charge on any atom is 0.269 e. The fraction of sp³-hybridized carbons (Fsp3) is 0.133. The molecule has 0 fully saturated rings. The number of halogens is 1. The van der Waals surface area contributed by atoms with Gasteiger partial charge < -0.3 is 0 Å². The third-order valence-corrected chi connectivity index (χ3v) is 3.48. The van der Waals surface area contributed by atoms with Gasteiger partial charge in [0.2, 0.25) is 0 Å². The van der Waals surface area contributed by atoms with Crippen LogP contribution in [0, 0.1) is 10.1 Å². The zero-order valence-electron chi connectivity index (χ0n) is 10.6. The Morgan fingerprint density at radius 1 is 1.05 bits per heavy atom. The maximum absolute atomic E-state index is 12.0. The highest BCUT2D eigenvalue weighted by Gasteiger charge is 2.08. The van der Waals surface area contributed by atoms with Gasteiger partial charge in [0.1, 0.15) is 0 Å². The van der Waals surface area contributed by atoms with Gasteiger partial charge in [-0.3, -0.25) is 14.9 Å². The average Bonchev–Trinajstić information content (AvgIpc) is 2.46. The van der Waals surface area contributed by atoms with E-state index in [1.54, 1.807) is 24.3 Å². The van der Waals surface area contributed by atoms with E-state index in [1.807, 2.05) is 12.1 Å². The first-order valence-electron chi connectivity index (χ1n) is 6.08. The lowest BCUT2D eigenvalue weighted by Crippen LogP contribution is -2.01. The Hall–Kier alpha value is -2.01. The van der Waals surface area contributed by atoms with E-state index in [4.69, 9.17) is 0 Å². The summed E-state index contributed by atoms with van der Waals surface area (Å²) in [5, 5.41) is 10.5. The number of non-ortho nitro benzene ring substituents is 1. The fourth-order valence-electron chi connectivity index (χ4n) is 1.82. The molecule has 0 amide bonds. The van der Waals surface area contributed by atoms with E-state index < -0.39 is 4.92 Å². The molecule has 0 aliphatic carbocycles. The molecule has 0 saturated carbocycles. The Bertz CT molecular complexity index is 621. The van der Waals surface area contributed by atoms with Gasteiger partial charge in [0.15, 0.2) is 5.78 Å². The minimum atomic E-state index is -0.434. The van der Waals surface area contributed by atoms with Crippen LogP contribution in [0.1, 0.15) is 22.3 Å². The summed E-state index contributed by atoms with van der Waals surface area (Å²) in [6.07, 6.45) is 0.965. The number of Topliss-reactive ketones (excluding diaryl/α,β-unsaturated/α-hetero) is 1. The number of hydrogen-bond acceptors (Lipinski definition) is 3. The van der Waals surface area contributed by atoms with Crippen molar-refractivity contribution in [1.29, 1.82) is 0 Å². The molecular formula is C15H12BrNO3. The minimum Gasteiger partial charge on any atom is -0.294 e. The van der Waals surface area contributed by atoms with E-state index in [0.717, 1.165) is 10.0 Å². The molecule has 0 aliphatic heterocycles. The molecule has 0 unspecified atom stereocenters. The second-order valence-electron chi connectivity index (χ2n) is 4.35. The number of aryl methyl sites for hydroxylation is 1. The quantitative estimate of drug-likeness (QED) is 0.468. The van der Waals surface area contributed by atoms with Crippen LogP contribution in [0.4, 0.5) is 5.69 Å². The summed E-state index contributed by atoms with van der Waals surface area (Å²) in [6.45, 7) is 0. The van der Waals surface area contributed by atoms with Gasteiger partial charge in [-0.2, -0.15) is 0 Å². The van der Waals surface area contributed by atoms with Crippen LogP contribution < -0.4 is 0 Å². The monoisotopic (exact) mass is 333 g/mol. The Kier molecular flexibility index (Phi) is 4.63. The average molecular weight is 334 g/mol. The van der Waals surface area contributed by atoms with Crippen molar-refractivity contribution in [1.82, 2.24) is 0 Å². The number of carbonyl (C=O) groups is 1. The van der Waals surface area contributed by atoms with Crippen LogP contribution in [0.2, 0.25) is 0 Å². The summed E-state index contributed by atoms with van der Waals surface area (Å²) in [5.41, 5.74) is 1.66. The van der Waals surface area contributed by atoms with Gasteiger partial charge in [-0.1, -0.05) is 40.2 Å². The summed E-state index contributed by atoms with van der Waals surface area (Å²) in [5.74, 6) is 0.0656. The van der Waals surface area contributed by atoms with Gasteiger partial charge in [-0.25, -0.2) is 0 Å². The molecule has 0 radical (unpaired) electrons. The number of ketones is 1. The Labute approximate surface area is 124 Å². The lowest BCUT2D eigenvalue weighted by molar-refractivity contribution is -0.384. The van der Waals surface area contributed by atoms with Crippen molar-refractivity contribution < 1.29 is 9.72 Å². The second-order valence-corrected chi connectivity index (χ2v) is 5.27. The topological polar surface area (TPSA) is 60.2 Å². The van der Waals surface area contributed by atoms with Crippen LogP contribution in [-0.4, -0.2) is 10.7 Å². The van der Waals surface area contributed by atoms with Crippen LogP contribution in [0.5, 0.6) is 0 Å². The standard InChI is InChI=1S/C15H12BrNO3/c16-13-6-4-12(5-7-13)15(18)10-3-11-1-8-14(9-2-11)17(19)20/h1-2,4-9H,3,10H2. The van der Waals surface area contributed by atoms with Crippen molar-refractivity contribution >= 4 is 27.4 Å². The molecule has 0 bridgehead atoms. The summed E-state index contributed by atoms with van der Waals surface area (Å²) < 4.78 is 0.935. The van der Waals surface area contributed by atoms with Crippen LogP contribution in [0.3, 0.4) is 0 Å². The zero-order chi connectivity index (χ0) is 14.5. The van der Waals surface area contributed by atoms with Crippen LogP contribution in [-0.2, 0) is 6.42 Å². The van der Waals surface area contributed by atoms with E-state index in [-0.39, 0.29) is 11.5 Å². The Morgan fingerprint density at radius 2 is 1.65 bits per heavy atom. The lowest BCUT2D eigenvalue weighted by atomic mass is 10.0. The van der Waals surface area contributed by atoms with Gasteiger partial charge in [0, 0.05) is 28.6 Å². The molecular weight excluding hydrogens is 322 g/mol. The predicted octanol–water partition coefficient (Wildman–Crippen LogP) is 4.17.